The predicted octanol–water partition coefficient (Wildman–Crippen LogP) is 5.74. The minimum Gasteiger partial charge on any atom is -0.521 e. The largest absolute Gasteiger partial charge is 0.521 e. The molecule has 22 heavy (non-hydrogen) atoms. The van der Waals surface area contributed by atoms with Crippen LogP contribution in [0.2, 0.25) is 31.2 Å². The quantitative estimate of drug-likeness (QED) is 0.393. The summed E-state index contributed by atoms with van der Waals surface area (Å²) in [6, 6.07) is 7.45. The molecule has 126 valence electrons. The first-order chi connectivity index (χ1) is 10.2. The molecule has 1 aromatic carbocycles. The maximum Gasteiger partial charge on any atom is 0.383 e. The van der Waals surface area contributed by atoms with Gasteiger partial charge < -0.3 is 13.0 Å². The van der Waals surface area contributed by atoms with Gasteiger partial charge in [0.25, 0.3) is 0 Å². The van der Waals surface area contributed by atoms with Crippen LogP contribution in [0.5, 0.6) is 5.75 Å². The summed E-state index contributed by atoms with van der Waals surface area (Å²) in [5, 5.41) is 0.672. The summed E-state index contributed by atoms with van der Waals surface area (Å²) in [5.41, 5.74) is 0. The highest BCUT2D eigenvalue weighted by Crippen LogP contribution is 2.23. The summed E-state index contributed by atoms with van der Waals surface area (Å²) in [5.74, 6) is 0.761. The van der Waals surface area contributed by atoms with Crippen molar-refractivity contribution in [3.63, 3.8) is 0 Å². The van der Waals surface area contributed by atoms with Gasteiger partial charge in [-0.2, -0.15) is 0 Å². The Kier molecular flexibility index (Phi) is 8.13. The van der Waals surface area contributed by atoms with E-state index in [1.165, 1.54) is 19.3 Å². The summed E-state index contributed by atoms with van der Waals surface area (Å²) >= 11 is 6.00. The van der Waals surface area contributed by atoms with E-state index in [0.29, 0.717) is 5.02 Å². The average Bonchev–Trinajstić information content (AvgIpc) is 2.36. The molecular weight excluding hydrogens is 332 g/mol. The van der Waals surface area contributed by atoms with Gasteiger partial charge in [0, 0.05) is 11.6 Å². The highest BCUT2D eigenvalue weighted by atomic mass is 35.5. The second kappa shape index (κ2) is 9.08. The molecule has 0 N–H and O–H groups in total. The van der Waals surface area contributed by atoms with Crippen molar-refractivity contribution in [3.8, 4) is 5.75 Å². The number of hydrogen-bond acceptors (Lipinski definition) is 3. The summed E-state index contributed by atoms with van der Waals surface area (Å²) in [4.78, 5) is 0. The van der Waals surface area contributed by atoms with Crippen molar-refractivity contribution in [1.29, 1.82) is 0 Å². The lowest BCUT2D eigenvalue weighted by atomic mass is 10.2. The molecule has 1 rings (SSSR count). The molecule has 0 saturated heterocycles. The smallest absolute Gasteiger partial charge is 0.383 e. The first kappa shape index (κ1) is 19.7. The molecule has 0 spiro atoms. The molecule has 0 aliphatic rings. The number of rotatable bonds is 10. The second-order valence-electron chi connectivity index (χ2n) is 6.37. The van der Waals surface area contributed by atoms with Crippen LogP contribution in [0, 0.1) is 0 Å². The van der Waals surface area contributed by atoms with Crippen LogP contribution in [0.4, 0.5) is 0 Å². The third kappa shape index (κ3) is 8.34. The van der Waals surface area contributed by atoms with Crippen molar-refractivity contribution >= 4 is 28.7 Å². The van der Waals surface area contributed by atoms with Crippen molar-refractivity contribution in [2.75, 3.05) is 6.61 Å². The number of hydrogen-bond donors (Lipinski definition) is 0. The Morgan fingerprint density at radius 1 is 1.00 bits per heavy atom. The van der Waals surface area contributed by atoms with Crippen molar-refractivity contribution < 1.29 is 13.0 Å². The summed E-state index contributed by atoms with van der Waals surface area (Å²) in [6.45, 7) is 11.3. The van der Waals surface area contributed by atoms with Crippen molar-refractivity contribution in [1.82, 2.24) is 0 Å². The van der Waals surface area contributed by atoms with Crippen LogP contribution in [0.3, 0.4) is 0 Å². The molecule has 0 atom stereocenters. The lowest BCUT2D eigenvalue weighted by Crippen LogP contribution is -2.50. The van der Waals surface area contributed by atoms with E-state index in [1.807, 2.05) is 37.4 Å². The van der Waals surface area contributed by atoms with Crippen LogP contribution in [0.15, 0.2) is 24.3 Å². The summed E-state index contributed by atoms with van der Waals surface area (Å²) < 4.78 is 18.3. The van der Waals surface area contributed by atoms with E-state index in [1.54, 1.807) is 0 Å². The maximum absolute atomic E-state index is 6.27. The molecular formula is C16H29ClO3Si2. The van der Waals surface area contributed by atoms with E-state index in [0.717, 1.165) is 18.8 Å². The Balaban J connectivity index is 2.47. The normalized spacial score (nSPS) is 12.5. The third-order valence-electron chi connectivity index (χ3n) is 3.10. The van der Waals surface area contributed by atoms with E-state index < -0.39 is 17.1 Å². The van der Waals surface area contributed by atoms with Gasteiger partial charge in [0.1, 0.15) is 5.75 Å². The van der Waals surface area contributed by atoms with Gasteiger partial charge in [0.05, 0.1) is 0 Å². The molecule has 0 aliphatic heterocycles. The second-order valence-corrected chi connectivity index (χ2v) is 13.7. The molecule has 0 heterocycles. The first-order valence-electron chi connectivity index (χ1n) is 8.03. The SMILES string of the molecule is CCCCCCO[Si](C)(C)O[Si](C)(C)Oc1cccc(Cl)c1. The molecule has 0 bridgehead atoms. The highest BCUT2D eigenvalue weighted by molar-refractivity contribution is 6.79. The number of halogens is 1. The van der Waals surface area contributed by atoms with Crippen molar-refractivity contribution in [2.24, 2.45) is 0 Å². The van der Waals surface area contributed by atoms with Crippen LogP contribution in [-0.2, 0) is 8.54 Å². The Labute approximate surface area is 142 Å². The summed E-state index contributed by atoms with van der Waals surface area (Å²) in [7, 11) is -4.46. The fourth-order valence-electron chi connectivity index (χ4n) is 2.30. The van der Waals surface area contributed by atoms with E-state index in [-0.39, 0.29) is 0 Å². The Bertz CT molecular complexity index is 453. The van der Waals surface area contributed by atoms with Crippen LogP contribution in [0.1, 0.15) is 32.6 Å². The molecule has 3 nitrogen and oxygen atoms in total. The standard InChI is InChI=1S/C16H29ClO3Si2/c1-6-7-8-9-13-18-21(2,3)20-22(4,5)19-16-12-10-11-15(17)14-16/h10-12,14H,6-9,13H2,1-5H3. The molecule has 1 aromatic rings. The van der Waals surface area contributed by atoms with E-state index in [9.17, 15) is 0 Å². The van der Waals surface area contributed by atoms with Gasteiger partial charge in [-0.05, 0) is 50.8 Å². The maximum atomic E-state index is 6.27. The topological polar surface area (TPSA) is 27.7 Å². The zero-order valence-electron chi connectivity index (χ0n) is 14.4. The monoisotopic (exact) mass is 360 g/mol. The molecule has 0 fully saturated rings. The van der Waals surface area contributed by atoms with Gasteiger partial charge in [0.2, 0.25) is 0 Å². The van der Waals surface area contributed by atoms with E-state index in [4.69, 9.17) is 24.6 Å². The summed E-state index contributed by atoms with van der Waals surface area (Å²) in [6.07, 6.45) is 4.83. The average molecular weight is 361 g/mol. The Hall–Kier alpha value is -0.336. The van der Waals surface area contributed by atoms with Gasteiger partial charge in [-0.25, -0.2) is 0 Å². The zero-order valence-corrected chi connectivity index (χ0v) is 17.2. The molecule has 0 aromatic heterocycles. The van der Waals surface area contributed by atoms with Crippen LogP contribution >= 0.6 is 11.6 Å². The molecule has 0 amide bonds. The Morgan fingerprint density at radius 3 is 2.36 bits per heavy atom. The van der Waals surface area contributed by atoms with E-state index >= 15 is 0 Å². The Morgan fingerprint density at radius 2 is 1.73 bits per heavy atom. The van der Waals surface area contributed by atoms with E-state index in [2.05, 4.69) is 20.0 Å². The highest BCUT2D eigenvalue weighted by Gasteiger charge is 2.37. The van der Waals surface area contributed by atoms with Crippen LogP contribution in [-0.4, -0.2) is 23.7 Å². The van der Waals surface area contributed by atoms with Gasteiger partial charge in [-0.3, -0.25) is 0 Å². The molecule has 6 heteroatoms. The van der Waals surface area contributed by atoms with Gasteiger partial charge in [-0.15, -0.1) is 0 Å². The first-order valence-corrected chi connectivity index (χ1v) is 14.0. The minimum atomic E-state index is -2.30. The third-order valence-corrected chi connectivity index (χ3v) is 8.89. The molecule has 0 aliphatic carbocycles. The minimum absolute atomic E-state index is 0.672. The lowest BCUT2D eigenvalue weighted by molar-refractivity contribution is 0.225. The van der Waals surface area contributed by atoms with Crippen molar-refractivity contribution in [3.05, 3.63) is 29.3 Å². The van der Waals surface area contributed by atoms with Gasteiger partial charge in [0.15, 0.2) is 0 Å². The number of unbranched alkanes of at least 4 members (excludes halogenated alkanes) is 3. The van der Waals surface area contributed by atoms with Gasteiger partial charge in [-0.1, -0.05) is 43.9 Å². The van der Waals surface area contributed by atoms with Gasteiger partial charge >= 0.3 is 17.1 Å². The zero-order chi connectivity index (χ0) is 16.6. The fraction of sp³-hybridized carbons (Fsp3) is 0.625. The molecule has 0 unspecified atom stereocenters. The predicted molar refractivity (Wildman–Crippen MR) is 98.2 cm³/mol. The number of benzene rings is 1. The van der Waals surface area contributed by atoms with Crippen molar-refractivity contribution in [2.45, 2.75) is 58.8 Å². The van der Waals surface area contributed by atoms with Crippen LogP contribution < -0.4 is 4.43 Å². The fourth-order valence-corrected chi connectivity index (χ4v) is 8.95. The molecule has 0 radical (unpaired) electrons. The van der Waals surface area contributed by atoms with Crippen LogP contribution in [0.25, 0.3) is 0 Å². The molecule has 0 saturated carbocycles. The lowest BCUT2D eigenvalue weighted by Gasteiger charge is -2.32.